The fraction of sp³-hybridized carbons (Fsp3) is 0.625. The summed E-state index contributed by atoms with van der Waals surface area (Å²) in [7, 11) is 0. The van der Waals surface area contributed by atoms with Crippen molar-refractivity contribution in [2.75, 3.05) is 0 Å². The van der Waals surface area contributed by atoms with Crippen LogP contribution < -0.4 is 0 Å². The van der Waals surface area contributed by atoms with Crippen molar-refractivity contribution in [2.45, 2.75) is 25.9 Å². The Bertz CT molecular complexity index is 269. The maximum absolute atomic E-state index is 11.1. The molecule has 0 aromatic rings. The fourth-order valence-electron chi connectivity index (χ4n) is 1.35. The molecule has 1 unspecified atom stereocenters. The maximum atomic E-state index is 11.1. The van der Waals surface area contributed by atoms with E-state index in [0.29, 0.717) is 10.4 Å². The lowest BCUT2D eigenvalue weighted by Crippen LogP contribution is -2.27. The highest BCUT2D eigenvalue weighted by Gasteiger charge is 2.43. The van der Waals surface area contributed by atoms with Gasteiger partial charge in [0.05, 0.1) is 10.4 Å². The first-order valence-electron chi connectivity index (χ1n) is 3.77. The van der Waals surface area contributed by atoms with Gasteiger partial charge in [-0.15, -0.1) is 0 Å². The topological polar surface area (TPSA) is 26.3 Å². The average Bonchev–Trinajstić information content (AvgIpc) is 2.22. The molecule has 2 nitrogen and oxygen atoms in total. The van der Waals surface area contributed by atoms with Crippen molar-refractivity contribution in [3.8, 4) is 0 Å². The van der Waals surface area contributed by atoms with Crippen LogP contribution >= 0.6 is 43.5 Å². The molecule has 0 saturated carbocycles. The first-order chi connectivity index (χ1) is 5.84. The van der Waals surface area contributed by atoms with Crippen molar-refractivity contribution in [3.05, 3.63) is 8.42 Å². The van der Waals surface area contributed by atoms with Gasteiger partial charge in [-0.1, -0.05) is 27.5 Å². The van der Waals surface area contributed by atoms with E-state index in [1.54, 1.807) is 0 Å². The summed E-state index contributed by atoms with van der Waals surface area (Å²) in [6.07, 6.45) is 0.370. The molecule has 1 atom stereocenters. The molecule has 1 saturated heterocycles. The lowest BCUT2D eigenvalue weighted by atomic mass is 9.91. The number of ether oxygens (including phenoxy) is 1. The minimum absolute atomic E-state index is 0.00752. The van der Waals surface area contributed by atoms with Gasteiger partial charge in [0.2, 0.25) is 0 Å². The molecule has 0 aromatic heterocycles. The molecular weight excluding hydrogens is 323 g/mol. The highest BCUT2D eigenvalue weighted by Crippen LogP contribution is 2.42. The van der Waals surface area contributed by atoms with Gasteiger partial charge in [-0.05, 0) is 29.8 Å². The zero-order valence-corrected chi connectivity index (χ0v) is 11.2. The monoisotopic (exact) mass is 330 g/mol. The highest BCUT2D eigenvalue weighted by molar-refractivity contribution is 9.14. The number of esters is 1. The molecule has 0 N–H and O–H groups in total. The Balaban J connectivity index is 2.94. The average molecular weight is 332 g/mol. The summed E-state index contributed by atoms with van der Waals surface area (Å²) >= 11 is 12.3. The van der Waals surface area contributed by atoms with Crippen molar-refractivity contribution < 1.29 is 9.53 Å². The predicted octanol–water partition coefficient (Wildman–Crippen LogP) is 3.53. The minimum Gasteiger partial charge on any atom is -0.459 e. The molecule has 13 heavy (non-hydrogen) atoms. The Morgan fingerprint density at radius 3 is 2.46 bits per heavy atom. The van der Waals surface area contributed by atoms with Gasteiger partial charge < -0.3 is 4.74 Å². The Hall–Kier alpha value is 0.460. The van der Waals surface area contributed by atoms with E-state index < -0.39 is 5.60 Å². The van der Waals surface area contributed by atoms with Crippen molar-refractivity contribution in [1.29, 1.82) is 0 Å². The van der Waals surface area contributed by atoms with E-state index in [1.165, 1.54) is 0 Å². The zero-order valence-electron chi connectivity index (χ0n) is 7.23. The first-order valence-corrected chi connectivity index (χ1v) is 5.73. The van der Waals surface area contributed by atoms with Crippen LogP contribution in [-0.2, 0) is 9.53 Å². The van der Waals surface area contributed by atoms with Crippen LogP contribution in [0.5, 0.6) is 0 Å². The number of halogens is 3. The van der Waals surface area contributed by atoms with E-state index in [0.717, 1.165) is 4.48 Å². The standard InChI is InChI=1S/C8H9Br2ClO2/c1-8(2)4(3-5(12)13-8)6(9)7(10)11/h4H,3H2,1-2H3. The molecule has 1 heterocycles. The van der Waals surface area contributed by atoms with Crippen LogP contribution in [-0.4, -0.2) is 11.6 Å². The van der Waals surface area contributed by atoms with Crippen LogP contribution in [0, 0.1) is 5.92 Å². The largest absolute Gasteiger partial charge is 0.459 e. The molecule has 0 radical (unpaired) electrons. The van der Waals surface area contributed by atoms with Crippen molar-refractivity contribution in [1.82, 2.24) is 0 Å². The normalized spacial score (nSPS) is 28.4. The first kappa shape index (κ1) is 11.5. The molecule has 74 valence electrons. The molecule has 5 heteroatoms. The molecule has 1 aliphatic heterocycles. The third kappa shape index (κ3) is 2.48. The van der Waals surface area contributed by atoms with E-state index in [1.807, 2.05) is 13.8 Å². The second kappa shape index (κ2) is 3.91. The number of carbonyl (C=O) groups excluding carboxylic acids is 1. The summed E-state index contributed by atoms with van der Waals surface area (Å²) in [6, 6.07) is 0. The van der Waals surface area contributed by atoms with Crippen molar-refractivity contribution >= 4 is 49.4 Å². The van der Waals surface area contributed by atoms with E-state index in [9.17, 15) is 4.79 Å². The van der Waals surface area contributed by atoms with E-state index >= 15 is 0 Å². The maximum Gasteiger partial charge on any atom is 0.307 e. The predicted molar refractivity (Wildman–Crippen MR) is 59.0 cm³/mol. The fourth-order valence-corrected chi connectivity index (χ4v) is 2.47. The number of carbonyl (C=O) groups is 1. The highest BCUT2D eigenvalue weighted by atomic mass is 79.9. The van der Waals surface area contributed by atoms with Gasteiger partial charge >= 0.3 is 5.97 Å². The van der Waals surface area contributed by atoms with Crippen molar-refractivity contribution in [2.24, 2.45) is 5.92 Å². The van der Waals surface area contributed by atoms with Crippen LogP contribution in [0.4, 0.5) is 0 Å². The quantitative estimate of drug-likeness (QED) is 0.687. The molecule has 0 aromatic carbocycles. The minimum atomic E-state index is -0.482. The number of hydrogen-bond acceptors (Lipinski definition) is 2. The summed E-state index contributed by atoms with van der Waals surface area (Å²) in [5.74, 6) is -0.191. The second-order valence-electron chi connectivity index (χ2n) is 3.44. The summed E-state index contributed by atoms with van der Waals surface area (Å²) in [4.78, 5) is 11.1. The van der Waals surface area contributed by atoms with Gasteiger partial charge in [-0.3, -0.25) is 4.79 Å². The van der Waals surface area contributed by atoms with E-state index in [-0.39, 0.29) is 11.9 Å². The van der Waals surface area contributed by atoms with Crippen LogP contribution in [0.2, 0.25) is 0 Å². The summed E-state index contributed by atoms with van der Waals surface area (Å²) in [5.41, 5.74) is -0.482. The van der Waals surface area contributed by atoms with Gasteiger partial charge in [0.15, 0.2) is 0 Å². The van der Waals surface area contributed by atoms with Gasteiger partial charge in [0.25, 0.3) is 0 Å². The molecule has 0 spiro atoms. The Morgan fingerprint density at radius 2 is 2.15 bits per heavy atom. The van der Waals surface area contributed by atoms with Gasteiger partial charge in [0.1, 0.15) is 5.60 Å². The van der Waals surface area contributed by atoms with Crippen LogP contribution in [0.15, 0.2) is 8.42 Å². The van der Waals surface area contributed by atoms with Crippen molar-refractivity contribution in [3.63, 3.8) is 0 Å². The van der Waals surface area contributed by atoms with Crippen LogP contribution in [0.1, 0.15) is 20.3 Å². The van der Waals surface area contributed by atoms with Gasteiger partial charge in [-0.25, -0.2) is 0 Å². The number of rotatable bonds is 1. The smallest absolute Gasteiger partial charge is 0.307 e. The van der Waals surface area contributed by atoms with E-state index in [4.69, 9.17) is 16.3 Å². The Morgan fingerprint density at radius 1 is 1.62 bits per heavy atom. The summed E-state index contributed by atoms with van der Waals surface area (Å²) < 4.78 is 6.42. The molecule has 1 fully saturated rings. The molecule has 0 amide bonds. The molecule has 1 aliphatic rings. The van der Waals surface area contributed by atoms with E-state index in [2.05, 4.69) is 31.9 Å². The Kier molecular flexibility index (Phi) is 3.47. The molecule has 0 bridgehead atoms. The third-order valence-electron chi connectivity index (χ3n) is 2.07. The lowest BCUT2D eigenvalue weighted by Gasteiger charge is -2.24. The van der Waals surface area contributed by atoms with Gasteiger partial charge in [0, 0.05) is 10.4 Å². The number of cyclic esters (lactones) is 1. The number of hydrogen-bond donors (Lipinski definition) is 0. The Labute approximate surface area is 98.9 Å². The zero-order chi connectivity index (χ0) is 10.2. The van der Waals surface area contributed by atoms with Crippen LogP contribution in [0.3, 0.4) is 0 Å². The molecule has 1 rings (SSSR count). The summed E-state index contributed by atoms with van der Waals surface area (Å²) in [6.45, 7) is 3.74. The lowest BCUT2D eigenvalue weighted by molar-refractivity contribution is -0.146. The summed E-state index contributed by atoms with van der Waals surface area (Å²) in [5, 5.41) is 0. The molecular formula is C8H9Br2ClO2. The van der Waals surface area contributed by atoms with Gasteiger partial charge in [-0.2, -0.15) is 0 Å². The second-order valence-corrected chi connectivity index (χ2v) is 5.92. The third-order valence-corrected chi connectivity index (χ3v) is 4.41. The SMILES string of the molecule is CC1(C)OC(=O)CC1C(Br)=C(Cl)Br. The van der Waals surface area contributed by atoms with Crippen LogP contribution in [0.25, 0.3) is 0 Å². The molecule has 0 aliphatic carbocycles.